The molecular formula is C11H21NO3S. The van der Waals surface area contributed by atoms with Crippen LogP contribution in [0.5, 0.6) is 0 Å². The molecule has 1 amide bonds. The summed E-state index contributed by atoms with van der Waals surface area (Å²) in [6.07, 6.45) is 0.340. The zero-order valence-electron chi connectivity index (χ0n) is 10.6. The van der Waals surface area contributed by atoms with Crippen molar-refractivity contribution in [2.24, 2.45) is 0 Å². The number of ether oxygens (including phenoxy) is 2. The van der Waals surface area contributed by atoms with Gasteiger partial charge in [-0.15, -0.1) is 0 Å². The predicted molar refractivity (Wildman–Crippen MR) is 67.7 cm³/mol. The van der Waals surface area contributed by atoms with E-state index in [1.807, 2.05) is 27.7 Å². The Hall–Kier alpha value is -0.840. The number of hydrogen-bond acceptors (Lipinski definition) is 4. The Morgan fingerprint density at radius 2 is 2.00 bits per heavy atom. The van der Waals surface area contributed by atoms with Crippen LogP contribution in [0.1, 0.15) is 41.0 Å². The van der Waals surface area contributed by atoms with Gasteiger partial charge in [0, 0.05) is 6.92 Å². The fraction of sp³-hybridized carbons (Fsp3) is 0.818. The molecule has 0 saturated heterocycles. The van der Waals surface area contributed by atoms with Crippen LogP contribution in [0.25, 0.3) is 0 Å². The zero-order valence-corrected chi connectivity index (χ0v) is 11.4. The number of amides is 1. The van der Waals surface area contributed by atoms with E-state index in [-0.39, 0.29) is 6.04 Å². The molecule has 0 aliphatic rings. The van der Waals surface area contributed by atoms with Gasteiger partial charge in [0.05, 0.1) is 6.04 Å². The van der Waals surface area contributed by atoms with E-state index in [9.17, 15) is 4.79 Å². The molecule has 0 aromatic heterocycles. The van der Waals surface area contributed by atoms with Gasteiger partial charge in [0.2, 0.25) is 0 Å². The fourth-order valence-corrected chi connectivity index (χ4v) is 1.02. The minimum absolute atomic E-state index is 0.0762. The second kappa shape index (κ2) is 6.68. The fourth-order valence-electron chi connectivity index (χ4n) is 0.954. The van der Waals surface area contributed by atoms with E-state index >= 15 is 0 Å². The lowest BCUT2D eigenvalue weighted by atomic mass is 10.2. The molecule has 94 valence electrons. The summed E-state index contributed by atoms with van der Waals surface area (Å²) >= 11 is 4.80. The summed E-state index contributed by atoms with van der Waals surface area (Å²) in [6, 6.07) is -0.0762. The first kappa shape index (κ1) is 15.2. The molecule has 5 heteroatoms. The van der Waals surface area contributed by atoms with Crippen LogP contribution in [0.2, 0.25) is 0 Å². The van der Waals surface area contributed by atoms with Gasteiger partial charge < -0.3 is 14.8 Å². The minimum atomic E-state index is -0.483. The molecule has 0 radical (unpaired) electrons. The van der Waals surface area contributed by atoms with Gasteiger partial charge in [-0.1, -0.05) is 6.92 Å². The molecule has 1 unspecified atom stereocenters. The first-order valence-electron chi connectivity index (χ1n) is 5.37. The number of hydrogen-bond donors (Lipinski definition) is 1. The lowest BCUT2D eigenvalue weighted by Gasteiger charge is -2.23. The van der Waals surface area contributed by atoms with Crippen LogP contribution in [-0.4, -0.2) is 29.4 Å². The maximum absolute atomic E-state index is 11.5. The van der Waals surface area contributed by atoms with Gasteiger partial charge in [0.15, 0.2) is 5.05 Å². The number of thiocarbonyl (C=S) groups is 1. The average Bonchev–Trinajstić information content (AvgIpc) is 2.08. The average molecular weight is 247 g/mol. The molecule has 0 rings (SSSR count). The van der Waals surface area contributed by atoms with E-state index in [0.717, 1.165) is 6.42 Å². The summed E-state index contributed by atoms with van der Waals surface area (Å²) in [6.45, 7) is 9.52. The van der Waals surface area contributed by atoms with Gasteiger partial charge >= 0.3 is 6.09 Å². The quantitative estimate of drug-likeness (QED) is 0.776. The third-order valence-corrected chi connectivity index (χ3v) is 1.82. The Balaban J connectivity index is 4.02. The summed E-state index contributed by atoms with van der Waals surface area (Å²) in [5, 5.41) is 3.21. The topological polar surface area (TPSA) is 47.6 Å². The van der Waals surface area contributed by atoms with Crippen LogP contribution >= 0.6 is 12.2 Å². The van der Waals surface area contributed by atoms with Crippen LogP contribution in [0.15, 0.2) is 0 Å². The van der Waals surface area contributed by atoms with E-state index in [2.05, 4.69) is 5.32 Å². The Bertz CT molecular complexity index is 248. The number of carbonyl (C=O) groups excluding carboxylic acids is 1. The molecule has 1 N–H and O–H groups in total. The SMILES string of the molecule is CCC(COC(C)=S)NC(=O)OC(C)(C)C. The van der Waals surface area contributed by atoms with Crippen molar-refractivity contribution in [1.29, 1.82) is 0 Å². The van der Waals surface area contributed by atoms with Crippen LogP contribution < -0.4 is 5.32 Å². The van der Waals surface area contributed by atoms with Crippen molar-refractivity contribution in [3.8, 4) is 0 Å². The molecule has 0 aromatic carbocycles. The molecule has 0 spiro atoms. The van der Waals surface area contributed by atoms with Crippen LogP contribution in [0.4, 0.5) is 4.79 Å². The van der Waals surface area contributed by atoms with Gasteiger partial charge in [-0.2, -0.15) is 0 Å². The molecule has 16 heavy (non-hydrogen) atoms. The molecular weight excluding hydrogens is 226 g/mol. The molecule has 0 aliphatic heterocycles. The highest BCUT2D eigenvalue weighted by Crippen LogP contribution is 2.07. The standard InChI is InChI=1S/C11H21NO3S/c1-6-9(7-14-8(2)16)12-10(13)15-11(3,4)5/h9H,6-7H2,1-5H3,(H,12,13). The zero-order chi connectivity index (χ0) is 12.8. The van der Waals surface area contributed by atoms with E-state index in [0.29, 0.717) is 11.7 Å². The summed E-state index contributed by atoms with van der Waals surface area (Å²) < 4.78 is 10.3. The monoisotopic (exact) mass is 247 g/mol. The van der Waals surface area contributed by atoms with Crippen LogP contribution in [-0.2, 0) is 9.47 Å². The maximum Gasteiger partial charge on any atom is 0.407 e. The Kier molecular flexibility index (Phi) is 6.33. The number of carbonyl (C=O) groups is 1. The molecule has 0 saturated carbocycles. The summed E-state index contributed by atoms with van der Waals surface area (Å²) in [4.78, 5) is 11.5. The van der Waals surface area contributed by atoms with E-state index in [4.69, 9.17) is 21.7 Å². The van der Waals surface area contributed by atoms with Crippen molar-refractivity contribution in [2.45, 2.75) is 52.7 Å². The van der Waals surface area contributed by atoms with Gasteiger partial charge in [0.1, 0.15) is 12.2 Å². The molecule has 0 fully saturated rings. The lowest BCUT2D eigenvalue weighted by Crippen LogP contribution is -2.41. The molecule has 4 nitrogen and oxygen atoms in total. The van der Waals surface area contributed by atoms with E-state index in [1.54, 1.807) is 6.92 Å². The summed E-state index contributed by atoms with van der Waals surface area (Å²) in [5.74, 6) is 0. The van der Waals surface area contributed by atoms with Crippen molar-refractivity contribution < 1.29 is 14.3 Å². The van der Waals surface area contributed by atoms with Crippen LogP contribution in [0, 0.1) is 0 Å². The van der Waals surface area contributed by atoms with Gasteiger partial charge in [-0.25, -0.2) is 4.79 Å². The normalized spacial score (nSPS) is 12.8. The molecule has 0 bridgehead atoms. The molecule has 0 heterocycles. The maximum atomic E-state index is 11.5. The summed E-state index contributed by atoms with van der Waals surface area (Å²) in [7, 11) is 0. The van der Waals surface area contributed by atoms with Crippen molar-refractivity contribution in [3.63, 3.8) is 0 Å². The predicted octanol–water partition coefficient (Wildman–Crippen LogP) is 2.65. The first-order valence-corrected chi connectivity index (χ1v) is 5.78. The van der Waals surface area contributed by atoms with Crippen molar-refractivity contribution in [3.05, 3.63) is 0 Å². The van der Waals surface area contributed by atoms with Crippen molar-refractivity contribution in [1.82, 2.24) is 5.32 Å². The minimum Gasteiger partial charge on any atom is -0.485 e. The highest BCUT2D eigenvalue weighted by molar-refractivity contribution is 7.80. The van der Waals surface area contributed by atoms with Crippen LogP contribution in [0.3, 0.4) is 0 Å². The van der Waals surface area contributed by atoms with E-state index in [1.165, 1.54) is 0 Å². The third-order valence-electron chi connectivity index (χ3n) is 1.70. The highest BCUT2D eigenvalue weighted by atomic mass is 32.1. The third kappa shape index (κ3) is 8.47. The number of nitrogens with one attached hydrogen (secondary N) is 1. The lowest BCUT2D eigenvalue weighted by molar-refractivity contribution is 0.0484. The highest BCUT2D eigenvalue weighted by Gasteiger charge is 2.18. The second-order valence-electron chi connectivity index (χ2n) is 4.55. The van der Waals surface area contributed by atoms with Gasteiger partial charge in [-0.05, 0) is 39.4 Å². The van der Waals surface area contributed by atoms with E-state index < -0.39 is 11.7 Å². The first-order chi connectivity index (χ1) is 7.24. The van der Waals surface area contributed by atoms with Crippen molar-refractivity contribution in [2.75, 3.05) is 6.61 Å². The molecule has 0 aliphatic carbocycles. The smallest absolute Gasteiger partial charge is 0.407 e. The van der Waals surface area contributed by atoms with Gasteiger partial charge in [0.25, 0.3) is 0 Å². The number of rotatable bonds is 4. The van der Waals surface area contributed by atoms with Crippen molar-refractivity contribution >= 4 is 23.4 Å². The Morgan fingerprint density at radius 3 is 2.38 bits per heavy atom. The summed E-state index contributed by atoms with van der Waals surface area (Å²) in [5.41, 5.74) is -0.483. The second-order valence-corrected chi connectivity index (χ2v) is 5.13. The number of alkyl carbamates (subject to hydrolysis) is 1. The molecule has 0 aromatic rings. The Morgan fingerprint density at radius 1 is 1.44 bits per heavy atom. The Labute approximate surface area is 103 Å². The van der Waals surface area contributed by atoms with Gasteiger partial charge in [-0.3, -0.25) is 0 Å². The largest absolute Gasteiger partial charge is 0.485 e. The molecule has 1 atom stereocenters.